The lowest BCUT2D eigenvalue weighted by atomic mass is 9.69. The van der Waals surface area contributed by atoms with Crippen LogP contribution in [0.25, 0.3) is 0 Å². The highest BCUT2D eigenvalue weighted by atomic mass is 14.3. The quantitative estimate of drug-likeness (QED) is 0.497. The van der Waals surface area contributed by atoms with Crippen molar-refractivity contribution in [3.05, 3.63) is 0 Å². The van der Waals surface area contributed by atoms with Crippen molar-refractivity contribution in [3.8, 4) is 0 Å². The molecule has 0 amide bonds. The normalized spacial score (nSPS) is 29.6. The summed E-state index contributed by atoms with van der Waals surface area (Å²) >= 11 is 0. The van der Waals surface area contributed by atoms with Crippen LogP contribution in [0.1, 0.15) is 80.1 Å². The molecule has 0 nitrogen and oxygen atoms in total. The minimum absolute atomic E-state index is 0.522. The number of hydrogen-bond acceptors (Lipinski definition) is 0. The fraction of sp³-hybridized carbons (Fsp3) is 1.00. The summed E-state index contributed by atoms with van der Waals surface area (Å²) in [4.78, 5) is 0. The Balaban J connectivity index is 2.50. The lowest BCUT2D eigenvalue weighted by Crippen LogP contribution is -2.26. The number of rotatable bonds is 0. The fourth-order valence-corrected chi connectivity index (χ4v) is 3.24. The van der Waals surface area contributed by atoms with E-state index < -0.39 is 0 Å². The van der Waals surface area contributed by atoms with Gasteiger partial charge >= 0.3 is 0 Å². The Morgan fingerprint density at radius 3 is 1.00 bits per heavy atom. The van der Waals surface area contributed by atoms with Gasteiger partial charge in [0.05, 0.1) is 0 Å². The summed E-state index contributed by atoms with van der Waals surface area (Å²) in [6.07, 6.45) is 8.71. The van der Waals surface area contributed by atoms with Gasteiger partial charge in [0.25, 0.3) is 0 Å². The monoisotopic (exact) mass is 224 g/mol. The molecule has 0 aliphatic heterocycles. The minimum atomic E-state index is 0.522. The Kier molecular flexibility index (Phi) is 4.49. The maximum Gasteiger partial charge on any atom is -0.0354 e. The van der Waals surface area contributed by atoms with Gasteiger partial charge in [-0.3, -0.25) is 0 Å². The first-order valence-electron chi connectivity index (χ1n) is 7.21. The molecule has 1 aliphatic rings. The highest BCUT2D eigenvalue weighted by molar-refractivity contribution is 4.81. The van der Waals surface area contributed by atoms with Crippen molar-refractivity contribution < 1.29 is 0 Å². The highest BCUT2D eigenvalue weighted by Gasteiger charge is 2.29. The molecule has 1 saturated carbocycles. The SMILES string of the molecule is CC(C)(C)C1CCCC(C(C)(C)C)CCC1. The van der Waals surface area contributed by atoms with Gasteiger partial charge < -0.3 is 0 Å². The molecule has 1 aliphatic carbocycles. The van der Waals surface area contributed by atoms with Gasteiger partial charge in [-0.1, -0.05) is 54.4 Å². The molecule has 96 valence electrons. The number of hydrogen-bond donors (Lipinski definition) is 0. The zero-order chi connectivity index (χ0) is 12.4. The molecule has 0 heteroatoms. The summed E-state index contributed by atoms with van der Waals surface area (Å²) in [6.45, 7) is 14.5. The first-order chi connectivity index (χ1) is 7.21. The molecule has 0 saturated heterocycles. The molecule has 0 aromatic heterocycles. The summed E-state index contributed by atoms with van der Waals surface area (Å²) in [5.74, 6) is 1.90. The van der Waals surface area contributed by atoms with Gasteiger partial charge in [0.15, 0.2) is 0 Å². The lowest BCUT2D eigenvalue weighted by Gasteiger charge is -2.37. The zero-order valence-corrected chi connectivity index (χ0v) is 12.4. The Labute approximate surface area is 103 Å². The zero-order valence-electron chi connectivity index (χ0n) is 12.4. The molecule has 0 N–H and O–H groups in total. The van der Waals surface area contributed by atoms with Crippen LogP contribution in [0.4, 0.5) is 0 Å². The second-order valence-corrected chi connectivity index (χ2v) is 7.99. The van der Waals surface area contributed by atoms with E-state index in [-0.39, 0.29) is 0 Å². The molecule has 1 rings (SSSR count). The van der Waals surface area contributed by atoms with Gasteiger partial charge in [-0.2, -0.15) is 0 Å². The van der Waals surface area contributed by atoms with E-state index in [1.54, 1.807) is 0 Å². The van der Waals surface area contributed by atoms with E-state index in [4.69, 9.17) is 0 Å². The maximum atomic E-state index is 2.42. The van der Waals surface area contributed by atoms with Crippen LogP contribution in [0.3, 0.4) is 0 Å². The smallest absolute Gasteiger partial charge is 0.0354 e. The van der Waals surface area contributed by atoms with Crippen LogP contribution in [-0.2, 0) is 0 Å². The molecule has 1 fully saturated rings. The van der Waals surface area contributed by atoms with Crippen molar-refractivity contribution >= 4 is 0 Å². The summed E-state index contributed by atoms with van der Waals surface area (Å²) in [5, 5.41) is 0. The van der Waals surface area contributed by atoms with E-state index in [0.29, 0.717) is 10.8 Å². The van der Waals surface area contributed by atoms with Gasteiger partial charge in [0.2, 0.25) is 0 Å². The molecular formula is C16H32. The van der Waals surface area contributed by atoms with Crippen molar-refractivity contribution in [2.75, 3.05) is 0 Å². The van der Waals surface area contributed by atoms with Crippen molar-refractivity contribution in [2.45, 2.75) is 80.1 Å². The van der Waals surface area contributed by atoms with E-state index in [2.05, 4.69) is 41.5 Å². The predicted octanol–water partition coefficient (Wildman–Crippen LogP) is 5.67. The minimum Gasteiger partial charge on any atom is -0.0599 e. The Hall–Kier alpha value is 0. The molecule has 0 unspecified atom stereocenters. The molecule has 0 heterocycles. The van der Waals surface area contributed by atoms with Crippen LogP contribution < -0.4 is 0 Å². The Bertz CT molecular complexity index is 169. The summed E-state index contributed by atoms with van der Waals surface area (Å²) < 4.78 is 0. The van der Waals surface area contributed by atoms with Gasteiger partial charge in [-0.15, -0.1) is 0 Å². The van der Waals surface area contributed by atoms with Crippen molar-refractivity contribution in [1.82, 2.24) is 0 Å². The van der Waals surface area contributed by atoms with E-state index in [1.807, 2.05) is 0 Å². The standard InChI is InChI=1S/C16H32/c1-15(2,3)13-9-7-11-14(12-8-10-13)16(4,5)6/h13-14H,7-12H2,1-6H3. The summed E-state index contributed by atoms with van der Waals surface area (Å²) in [6, 6.07) is 0. The molecule has 0 aromatic rings. The van der Waals surface area contributed by atoms with Gasteiger partial charge in [0.1, 0.15) is 0 Å². The van der Waals surface area contributed by atoms with Gasteiger partial charge in [-0.25, -0.2) is 0 Å². The molecule has 0 aromatic carbocycles. The Morgan fingerprint density at radius 1 is 0.562 bits per heavy atom. The van der Waals surface area contributed by atoms with Crippen LogP contribution >= 0.6 is 0 Å². The molecular weight excluding hydrogens is 192 g/mol. The molecule has 0 bridgehead atoms. The van der Waals surface area contributed by atoms with E-state index in [9.17, 15) is 0 Å². The van der Waals surface area contributed by atoms with Crippen LogP contribution in [0, 0.1) is 22.7 Å². The van der Waals surface area contributed by atoms with E-state index in [1.165, 1.54) is 38.5 Å². The first-order valence-corrected chi connectivity index (χ1v) is 7.21. The molecule has 0 radical (unpaired) electrons. The third-order valence-electron chi connectivity index (χ3n) is 4.66. The largest absolute Gasteiger partial charge is 0.0599 e. The first kappa shape index (κ1) is 14.1. The van der Waals surface area contributed by atoms with Crippen LogP contribution in [-0.4, -0.2) is 0 Å². The average molecular weight is 224 g/mol. The molecule has 0 spiro atoms. The second kappa shape index (κ2) is 5.10. The fourth-order valence-electron chi connectivity index (χ4n) is 3.24. The van der Waals surface area contributed by atoms with Crippen molar-refractivity contribution in [2.24, 2.45) is 22.7 Å². The lowest BCUT2D eigenvalue weighted by molar-refractivity contribution is 0.141. The Morgan fingerprint density at radius 2 is 0.812 bits per heavy atom. The summed E-state index contributed by atoms with van der Waals surface area (Å²) in [5.41, 5.74) is 1.04. The van der Waals surface area contributed by atoms with Crippen molar-refractivity contribution in [3.63, 3.8) is 0 Å². The predicted molar refractivity (Wildman–Crippen MR) is 73.6 cm³/mol. The maximum absolute atomic E-state index is 2.42. The van der Waals surface area contributed by atoms with Crippen LogP contribution in [0.5, 0.6) is 0 Å². The third kappa shape index (κ3) is 4.11. The van der Waals surface area contributed by atoms with Crippen LogP contribution in [0.2, 0.25) is 0 Å². The summed E-state index contributed by atoms with van der Waals surface area (Å²) in [7, 11) is 0. The van der Waals surface area contributed by atoms with Crippen molar-refractivity contribution in [1.29, 1.82) is 0 Å². The van der Waals surface area contributed by atoms with E-state index in [0.717, 1.165) is 11.8 Å². The topological polar surface area (TPSA) is 0 Å². The highest BCUT2D eigenvalue weighted by Crippen LogP contribution is 2.41. The second-order valence-electron chi connectivity index (χ2n) is 7.99. The van der Waals surface area contributed by atoms with Gasteiger partial charge in [0, 0.05) is 0 Å². The van der Waals surface area contributed by atoms with Gasteiger partial charge in [-0.05, 0) is 48.3 Å². The van der Waals surface area contributed by atoms with E-state index >= 15 is 0 Å². The average Bonchev–Trinajstić information content (AvgIpc) is 1.96. The molecule has 0 atom stereocenters. The third-order valence-corrected chi connectivity index (χ3v) is 4.66. The van der Waals surface area contributed by atoms with Crippen LogP contribution in [0.15, 0.2) is 0 Å². The molecule has 16 heavy (non-hydrogen) atoms.